The maximum Gasteiger partial charge on any atom is 0.0465 e. The number of rotatable bonds is 6. The van der Waals surface area contributed by atoms with Crippen LogP contribution in [0.1, 0.15) is 130 Å². The summed E-state index contributed by atoms with van der Waals surface area (Å²) in [7, 11) is 0. The largest absolute Gasteiger partial charge is 0.310 e. The Morgan fingerprint density at radius 2 is 0.677 bits per heavy atom. The number of hydrogen-bond acceptors (Lipinski definition) is 1. The summed E-state index contributed by atoms with van der Waals surface area (Å²) >= 11 is 0. The van der Waals surface area contributed by atoms with E-state index in [9.17, 15) is 0 Å². The van der Waals surface area contributed by atoms with Gasteiger partial charge in [0.2, 0.25) is 0 Å². The second kappa shape index (κ2) is 15.3. The molecule has 7 aromatic rings. The highest BCUT2D eigenvalue weighted by Gasteiger charge is 2.36. The van der Waals surface area contributed by atoms with Crippen LogP contribution >= 0.6 is 0 Å². The molecule has 0 aliphatic heterocycles. The minimum atomic E-state index is -0.0804. The van der Waals surface area contributed by atoms with Gasteiger partial charge in [-0.25, -0.2) is 0 Å². The second-order valence-electron chi connectivity index (χ2n) is 22.5. The van der Waals surface area contributed by atoms with E-state index in [1.807, 2.05) is 0 Å². The zero-order valence-corrected chi connectivity index (χ0v) is 39.9. The first-order valence-electron chi connectivity index (χ1n) is 22.7. The van der Waals surface area contributed by atoms with E-state index in [1.165, 1.54) is 77.9 Å². The van der Waals surface area contributed by atoms with Gasteiger partial charge in [-0.15, -0.1) is 0 Å². The molecule has 0 heterocycles. The molecule has 0 bridgehead atoms. The highest BCUT2D eigenvalue weighted by molar-refractivity contribution is 5.86. The molecule has 0 N–H and O–H groups in total. The summed E-state index contributed by atoms with van der Waals surface area (Å²) in [5.41, 5.74) is 21.7. The van der Waals surface area contributed by atoms with Crippen LogP contribution in [-0.2, 0) is 27.1 Å². The number of hydrogen-bond donors (Lipinski definition) is 0. The lowest BCUT2D eigenvalue weighted by Gasteiger charge is -2.28. The molecule has 0 aromatic heterocycles. The zero-order valence-electron chi connectivity index (χ0n) is 39.9. The van der Waals surface area contributed by atoms with Crippen molar-refractivity contribution in [1.29, 1.82) is 0 Å². The first-order valence-corrected chi connectivity index (χ1v) is 22.7. The van der Waals surface area contributed by atoms with E-state index in [0.717, 1.165) is 17.1 Å². The first-order chi connectivity index (χ1) is 29.0. The molecule has 0 amide bonds. The smallest absolute Gasteiger partial charge is 0.0465 e. The van der Waals surface area contributed by atoms with E-state index in [1.54, 1.807) is 0 Å². The number of nitrogens with zero attached hydrogens (tertiary/aromatic N) is 1. The van der Waals surface area contributed by atoms with E-state index in [4.69, 9.17) is 0 Å². The topological polar surface area (TPSA) is 3.24 Å². The molecule has 0 spiro atoms. The molecule has 0 saturated carbocycles. The fraction of sp³-hybridized carbons (Fsp3) is 0.311. The maximum atomic E-state index is 2.44. The molecule has 0 unspecified atom stereocenters. The van der Waals surface area contributed by atoms with Crippen LogP contribution in [0.15, 0.2) is 152 Å². The second-order valence-corrected chi connectivity index (χ2v) is 22.5. The van der Waals surface area contributed by atoms with E-state index >= 15 is 0 Å². The first kappa shape index (κ1) is 43.0. The van der Waals surface area contributed by atoms with Crippen molar-refractivity contribution in [2.45, 2.75) is 124 Å². The van der Waals surface area contributed by atoms with Gasteiger partial charge < -0.3 is 4.90 Å². The molecule has 0 radical (unpaired) electrons. The lowest BCUT2D eigenvalue weighted by Crippen LogP contribution is -2.16. The van der Waals surface area contributed by atoms with Gasteiger partial charge in [0.15, 0.2) is 0 Å². The highest BCUT2D eigenvalue weighted by atomic mass is 15.1. The monoisotopic (exact) mass is 814 g/mol. The van der Waals surface area contributed by atoms with Gasteiger partial charge in [0.1, 0.15) is 0 Å². The van der Waals surface area contributed by atoms with Gasteiger partial charge >= 0.3 is 0 Å². The van der Waals surface area contributed by atoms with E-state index in [-0.39, 0.29) is 27.1 Å². The Balaban J connectivity index is 1.24. The summed E-state index contributed by atoms with van der Waals surface area (Å²) < 4.78 is 0. The quantitative estimate of drug-likeness (QED) is 0.162. The van der Waals surface area contributed by atoms with E-state index < -0.39 is 0 Å². The Bertz CT molecular complexity index is 2740. The number of fused-ring (bicyclic) bond motifs is 3. The molecule has 8 rings (SSSR count). The van der Waals surface area contributed by atoms with Crippen molar-refractivity contribution in [2.24, 2.45) is 0 Å². The Morgan fingerprint density at radius 3 is 1.16 bits per heavy atom. The Morgan fingerprint density at radius 1 is 0.306 bits per heavy atom. The average molecular weight is 814 g/mol. The predicted octanol–water partition coefficient (Wildman–Crippen LogP) is 17.7. The fourth-order valence-electron chi connectivity index (χ4n) is 9.11. The summed E-state index contributed by atoms with van der Waals surface area (Å²) in [5, 5.41) is 0. The van der Waals surface area contributed by atoms with Crippen LogP contribution in [-0.4, -0.2) is 0 Å². The molecule has 1 aliphatic carbocycles. The van der Waals surface area contributed by atoms with Crippen LogP contribution in [0.2, 0.25) is 0 Å². The van der Waals surface area contributed by atoms with Gasteiger partial charge in [0.25, 0.3) is 0 Å². The third-order valence-electron chi connectivity index (χ3n) is 13.2. The van der Waals surface area contributed by atoms with Crippen molar-refractivity contribution in [3.63, 3.8) is 0 Å². The lowest BCUT2D eigenvalue weighted by molar-refractivity contribution is 0.569. The van der Waals surface area contributed by atoms with Crippen LogP contribution in [0.3, 0.4) is 0 Å². The molecule has 0 fully saturated rings. The summed E-state index contributed by atoms with van der Waals surface area (Å²) in [6.07, 6.45) is 0. The van der Waals surface area contributed by atoms with Crippen molar-refractivity contribution >= 4 is 17.1 Å². The Kier molecular flexibility index (Phi) is 10.6. The number of anilines is 3. The zero-order chi connectivity index (χ0) is 44.6. The summed E-state index contributed by atoms with van der Waals surface area (Å²) in [6.45, 7) is 32.7. The number of benzene rings is 7. The summed E-state index contributed by atoms with van der Waals surface area (Å²) in [4.78, 5) is 2.40. The van der Waals surface area contributed by atoms with Crippen molar-refractivity contribution < 1.29 is 0 Å². The van der Waals surface area contributed by atoms with E-state index in [0.29, 0.717) is 0 Å². The molecule has 1 heteroatoms. The third kappa shape index (κ3) is 8.32. The molecule has 7 aromatic carbocycles. The van der Waals surface area contributed by atoms with Crippen LogP contribution in [0.25, 0.3) is 44.5 Å². The van der Waals surface area contributed by atoms with Gasteiger partial charge in [0, 0.05) is 22.5 Å². The van der Waals surface area contributed by atoms with Crippen LogP contribution in [0.5, 0.6) is 0 Å². The van der Waals surface area contributed by atoms with Crippen molar-refractivity contribution in [1.82, 2.24) is 0 Å². The molecule has 0 atom stereocenters. The van der Waals surface area contributed by atoms with Gasteiger partial charge in [-0.2, -0.15) is 0 Å². The fourth-order valence-corrected chi connectivity index (χ4v) is 9.11. The van der Waals surface area contributed by atoms with Crippen LogP contribution < -0.4 is 4.90 Å². The summed E-state index contributed by atoms with van der Waals surface area (Å²) in [5.74, 6) is 0. The normalized spacial score (nSPS) is 13.8. The SMILES string of the molecule is CC(C)(C)c1cc(-c2ccc(N(c3ccccc3)c3ccc4c(c3)C(C)(C)c3ccccc3-4)cc2)cc(-c2cc(-c3cc(C(C)(C)C)cc(C(C)(C)C)c3)cc(C(C)(C)C)c2)c1. The van der Waals surface area contributed by atoms with Gasteiger partial charge in [-0.05, 0) is 148 Å². The van der Waals surface area contributed by atoms with Gasteiger partial charge in [0.05, 0.1) is 0 Å². The molecule has 62 heavy (non-hydrogen) atoms. The van der Waals surface area contributed by atoms with Gasteiger partial charge in [-0.1, -0.05) is 200 Å². The maximum absolute atomic E-state index is 2.44. The molecule has 316 valence electrons. The molecule has 1 aliphatic rings. The summed E-state index contributed by atoms with van der Waals surface area (Å²) in [6, 6.07) is 57.8. The number of para-hydroxylation sites is 1. The molecule has 0 saturated heterocycles. The van der Waals surface area contributed by atoms with Crippen LogP contribution in [0, 0.1) is 0 Å². The Hall–Kier alpha value is -5.66. The van der Waals surface area contributed by atoms with Crippen LogP contribution in [0.4, 0.5) is 17.1 Å². The minimum Gasteiger partial charge on any atom is -0.310 e. The standard InChI is InChI=1S/C61H67N/c1-57(2,3)46-32-41(30-42(33-46)43-31-44(35-47(34-43)58(4,5)6)45-36-48(59(7,8)9)38-49(37-45)60(10,11)12)40-24-26-51(27-25-40)62(50-20-16-15-17-21-50)52-28-29-54-53-22-18-19-23-55(53)61(13,14)56(54)39-52/h15-39H,1-14H3. The minimum absolute atomic E-state index is 0.0251. The van der Waals surface area contributed by atoms with Crippen molar-refractivity contribution in [2.75, 3.05) is 4.90 Å². The average Bonchev–Trinajstić information content (AvgIpc) is 3.45. The van der Waals surface area contributed by atoms with Crippen molar-refractivity contribution in [3.8, 4) is 44.5 Å². The van der Waals surface area contributed by atoms with Crippen molar-refractivity contribution in [3.05, 3.63) is 185 Å². The lowest BCUT2D eigenvalue weighted by atomic mass is 9.77. The molecular formula is C61H67N. The molecule has 1 nitrogen and oxygen atoms in total. The highest BCUT2D eigenvalue weighted by Crippen LogP contribution is 2.51. The van der Waals surface area contributed by atoms with E-state index in [2.05, 4.69) is 253 Å². The Labute approximate surface area is 373 Å². The third-order valence-corrected chi connectivity index (χ3v) is 13.2. The predicted molar refractivity (Wildman–Crippen MR) is 270 cm³/mol. The molecular weight excluding hydrogens is 747 g/mol. The van der Waals surface area contributed by atoms with Gasteiger partial charge in [-0.3, -0.25) is 0 Å².